The Morgan fingerprint density at radius 3 is 2.13 bits per heavy atom. The van der Waals surface area contributed by atoms with Gasteiger partial charge in [0.25, 0.3) is 5.69 Å². The molecule has 0 aliphatic heterocycles. The van der Waals surface area contributed by atoms with Crippen molar-refractivity contribution >= 4 is 21.3 Å². The van der Waals surface area contributed by atoms with Gasteiger partial charge in [-0.25, -0.2) is 8.42 Å². The third-order valence-electron chi connectivity index (χ3n) is 3.47. The van der Waals surface area contributed by atoms with Crippen molar-refractivity contribution in [1.29, 1.82) is 0 Å². The molecule has 2 aromatic rings. The monoisotopic (exact) mass is 333 g/mol. The summed E-state index contributed by atoms with van der Waals surface area (Å²) in [6.45, 7) is 1.23. The minimum absolute atomic E-state index is 0.0650. The number of nitrogens with zero attached hydrogens (tertiary/aromatic N) is 1. The van der Waals surface area contributed by atoms with Crippen LogP contribution in [0.25, 0.3) is 0 Å². The maximum Gasteiger partial charge on any atom is 0.269 e. The van der Waals surface area contributed by atoms with E-state index in [1.54, 1.807) is 30.3 Å². The topological polar surface area (TPSA) is 94.3 Å². The molecule has 23 heavy (non-hydrogen) atoms. The number of carbonyl (C=O) groups is 1. The molecule has 6 nitrogen and oxygen atoms in total. The number of hydrogen-bond acceptors (Lipinski definition) is 5. The van der Waals surface area contributed by atoms with Crippen LogP contribution in [0.2, 0.25) is 0 Å². The lowest BCUT2D eigenvalue weighted by molar-refractivity contribution is -0.384. The summed E-state index contributed by atoms with van der Waals surface area (Å²) < 4.78 is 25.3. The predicted molar refractivity (Wildman–Crippen MR) is 84.9 cm³/mol. The molecule has 0 saturated heterocycles. The summed E-state index contributed by atoms with van der Waals surface area (Å²) in [7, 11) is -3.91. The smallest absolute Gasteiger partial charge is 0.269 e. The predicted octanol–water partition coefficient (Wildman–Crippen LogP) is 2.57. The summed E-state index contributed by atoms with van der Waals surface area (Å²) in [5.74, 6) is -0.466. The SMILES string of the molecule is CC(=O)[C@@H](Cc1ccccc1)S(=O)(=O)c1ccc([N+](=O)[O-])cc1. The molecular formula is C16H15NO5S. The second-order valence-corrected chi connectivity index (χ2v) is 7.22. The number of nitro benzene ring substituents is 1. The number of ketones is 1. The van der Waals surface area contributed by atoms with Crippen molar-refractivity contribution in [1.82, 2.24) is 0 Å². The summed E-state index contributed by atoms with van der Waals surface area (Å²) in [5, 5.41) is 9.43. The Balaban J connectivity index is 2.37. The van der Waals surface area contributed by atoms with Crippen molar-refractivity contribution in [3.63, 3.8) is 0 Å². The molecule has 0 unspecified atom stereocenters. The second-order valence-electron chi connectivity index (χ2n) is 5.09. The molecule has 120 valence electrons. The number of benzene rings is 2. The Bertz CT molecular complexity index is 813. The first-order valence-corrected chi connectivity index (χ1v) is 8.39. The van der Waals surface area contributed by atoms with Crippen molar-refractivity contribution in [2.24, 2.45) is 0 Å². The van der Waals surface area contributed by atoms with Crippen LogP contribution in [0.4, 0.5) is 5.69 Å². The van der Waals surface area contributed by atoms with Gasteiger partial charge in [0.2, 0.25) is 0 Å². The van der Waals surface area contributed by atoms with E-state index in [0.29, 0.717) is 0 Å². The van der Waals surface area contributed by atoms with Gasteiger partial charge in [-0.05, 0) is 31.0 Å². The van der Waals surface area contributed by atoms with E-state index >= 15 is 0 Å². The molecule has 0 N–H and O–H groups in total. The molecule has 0 spiro atoms. The van der Waals surface area contributed by atoms with Crippen LogP contribution in [0, 0.1) is 10.1 Å². The fraction of sp³-hybridized carbons (Fsp3) is 0.188. The summed E-state index contributed by atoms with van der Waals surface area (Å²) in [6.07, 6.45) is 0.0650. The third-order valence-corrected chi connectivity index (χ3v) is 5.64. The van der Waals surface area contributed by atoms with Gasteiger partial charge >= 0.3 is 0 Å². The molecular weight excluding hydrogens is 318 g/mol. The van der Waals surface area contributed by atoms with Gasteiger partial charge in [0, 0.05) is 12.1 Å². The van der Waals surface area contributed by atoms with E-state index in [-0.39, 0.29) is 17.0 Å². The van der Waals surface area contributed by atoms with Gasteiger partial charge in [0.1, 0.15) is 11.0 Å². The number of Topliss-reactive ketones (excluding diaryl/α,β-unsaturated/α-hetero) is 1. The van der Waals surface area contributed by atoms with Crippen LogP contribution >= 0.6 is 0 Å². The number of sulfone groups is 1. The lowest BCUT2D eigenvalue weighted by atomic mass is 10.1. The average molecular weight is 333 g/mol. The minimum atomic E-state index is -3.91. The lowest BCUT2D eigenvalue weighted by Gasteiger charge is -2.15. The van der Waals surface area contributed by atoms with Crippen LogP contribution in [0.1, 0.15) is 12.5 Å². The van der Waals surface area contributed by atoms with Crippen molar-refractivity contribution in [3.8, 4) is 0 Å². The van der Waals surface area contributed by atoms with Crippen molar-refractivity contribution < 1.29 is 18.1 Å². The highest BCUT2D eigenvalue weighted by atomic mass is 32.2. The maximum absolute atomic E-state index is 12.7. The van der Waals surface area contributed by atoms with Crippen LogP contribution in [0.15, 0.2) is 59.5 Å². The molecule has 2 rings (SSSR count). The number of non-ortho nitro benzene ring substituents is 1. The zero-order valence-electron chi connectivity index (χ0n) is 12.4. The summed E-state index contributed by atoms with van der Waals surface area (Å²) in [4.78, 5) is 21.8. The number of carbonyl (C=O) groups excluding carboxylic acids is 1. The third kappa shape index (κ3) is 3.81. The molecule has 0 radical (unpaired) electrons. The van der Waals surface area contributed by atoms with Crippen LogP contribution in [0.5, 0.6) is 0 Å². The van der Waals surface area contributed by atoms with Gasteiger partial charge in [-0.3, -0.25) is 14.9 Å². The molecule has 0 aliphatic rings. The molecule has 0 aliphatic carbocycles. The number of hydrogen-bond donors (Lipinski definition) is 0. The second kappa shape index (κ2) is 6.70. The molecule has 0 aromatic heterocycles. The van der Waals surface area contributed by atoms with Crippen LogP contribution < -0.4 is 0 Å². The van der Waals surface area contributed by atoms with E-state index in [9.17, 15) is 23.3 Å². The Kier molecular flexibility index (Phi) is 4.90. The standard InChI is InChI=1S/C16H15NO5S/c1-12(18)16(11-13-5-3-2-4-6-13)23(21,22)15-9-7-14(8-10-15)17(19)20/h2-10,16H,11H2,1H3/t16-/m1/s1. The van der Waals surface area contributed by atoms with Crippen molar-refractivity contribution in [2.45, 2.75) is 23.5 Å². The number of nitro groups is 1. The van der Waals surface area contributed by atoms with E-state index in [1.165, 1.54) is 6.92 Å². The maximum atomic E-state index is 12.7. The van der Waals surface area contributed by atoms with Gasteiger partial charge < -0.3 is 0 Å². The van der Waals surface area contributed by atoms with Gasteiger partial charge in [-0.15, -0.1) is 0 Å². The summed E-state index contributed by atoms with van der Waals surface area (Å²) in [5.41, 5.74) is 0.532. The molecule has 0 heterocycles. The highest BCUT2D eigenvalue weighted by molar-refractivity contribution is 7.92. The molecule has 0 saturated carbocycles. The van der Waals surface area contributed by atoms with E-state index in [2.05, 4.69) is 0 Å². The largest absolute Gasteiger partial charge is 0.299 e. The zero-order chi connectivity index (χ0) is 17.0. The molecule has 0 fully saturated rings. The van der Waals surface area contributed by atoms with Crippen LogP contribution in [-0.2, 0) is 21.1 Å². The Hall–Kier alpha value is -2.54. The summed E-state index contributed by atoms with van der Waals surface area (Å²) in [6, 6.07) is 13.4. The van der Waals surface area contributed by atoms with Crippen molar-refractivity contribution in [2.75, 3.05) is 0 Å². The average Bonchev–Trinajstić information content (AvgIpc) is 2.53. The quantitative estimate of drug-likeness (QED) is 0.598. The van der Waals surface area contributed by atoms with Gasteiger partial charge in [-0.1, -0.05) is 30.3 Å². The van der Waals surface area contributed by atoms with E-state index < -0.39 is 25.8 Å². The molecule has 2 aromatic carbocycles. The molecule has 0 bridgehead atoms. The molecule has 0 amide bonds. The first-order valence-electron chi connectivity index (χ1n) is 6.85. The summed E-state index contributed by atoms with van der Waals surface area (Å²) >= 11 is 0. The van der Waals surface area contributed by atoms with Gasteiger partial charge in [0.05, 0.1) is 9.82 Å². The first-order chi connectivity index (χ1) is 10.8. The zero-order valence-corrected chi connectivity index (χ0v) is 13.2. The normalized spacial score (nSPS) is 12.6. The van der Waals surface area contributed by atoms with Gasteiger partial charge in [-0.2, -0.15) is 0 Å². The Morgan fingerprint density at radius 2 is 1.65 bits per heavy atom. The Labute approximate surface area is 133 Å². The Morgan fingerprint density at radius 1 is 1.09 bits per heavy atom. The number of rotatable bonds is 6. The van der Waals surface area contributed by atoms with Gasteiger partial charge in [0.15, 0.2) is 9.84 Å². The van der Waals surface area contributed by atoms with E-state index in [1.807, 2.05) is 0 Å². The van der Waals surface area contributed by atoms with Crippen LogP contribution in [-0.4, -0.2) is 24.4 Å². The highest BCUT2D eigenvalue weighted by Gasteiger charge is 2.31. The van der Waals surface area contributed by atoms with E-state index in [0.717, 1.165) is 29.8 Å². The molecule has 1 atom stereocenters. The molecule has 7 heteroatoms. The minimum Gasteiger partial charge on any atom is -0.299 e. The van der Waals surface area contributed by atoms with Crippen LogP contribution in [0.3, 0.4) is 0 Å². The fourth-order valence-corrected chi connectivity index (χ4v) is 3.91. The first kappa shape index (κ1) is 16.8. The van der Waals surface area contributed by atoms with Crippen molar-refractivity contribution in [3.05, 3.63) is 70.3 Å². The lowest BCUT2D eigenvalue weighted by Crippen LogP contribution is -2.31. The fourth-order valence-electron chi connectivity index (χ4n) is 2.22. The van der Waals surface area contributed by atoms with E-state index in [4.69, 9.17) is 0 Å². The highest BCUT2D eigenvalue weighted by Crippen LogP contribution is 2.22.